The number of carbonyl (C=O) groups is 1. The Hall–Kier alpha value is -3.02. The first kappa shape index (κ1) is 18.3. The molecule has 3 aromatic rings. The molecule has 0 N–H and O–H groups in total. The second-order valence-electron chi connectivity index (χ2n) is 6.99. The van der Waals surface area contributed by atoms with E-state index in [9.17, 15) is 18.0 Å². The van der Waals surface area contributed by atoms with E-state index in [1.165, 1.54) is 5.56 Å². The van der Waals surface area contributed by atoms with Gasteiger partial charge in [-0.3, -0.25) is 4.79 Å². The summed E-state index contributed by atoms with van der Waals surface area (Å²) in [7, 11) is 0. The van der Waals surface area contributed by atoms with Crippen molar-refractivity contribution in [3.05, 3.63) is 71.9 Å². The topological polar surface area (TPSA) is 25.2 Å². The van der Waals surface area contributed by atoms with Crippen molar-refractivity contribution in [3.8, 4) is 5.69 Å². The Labute approximate surface area is 160 Å². The number of amides is 1. The van der Waals surface area contributed by atoms with Crippen molar-refractivity contribution in [2.75, 3.05) is 13.1 Å². The van der Waals surface area contributed by atoms with Gasteiger partial charge < -0.3 is 9.47 Å². The van der Waals surface area contributed by atoms with E-state index < -0.39 is 12.1 Å². The van der Waals surface area contributed by atoms with Crippen LogP contribution < -0.4 is 0 Å². The van der Waals surface area contributed by atoms with Gasteiger partial charge in [0, 0.05) is 35.9 Å². The van der Waals surface area contributed by atoms with Gasteiger partial charge in [-0.15, -0.1) is 0 Å². The zero-order valence-corrected chi connectivity index (χ0v) is 15.3. The molecule has 144 valence electrons. The summed E-state index contributed by atoms with van der Waals surface area (Å²) in [5, 5.41) is 1.05. The van der Waals surface area contributed by atoms with Crippen LogP contribution in [0.1, 0.15) is 17.5 Å². The minimum Gasteiger partial charge on any atom is -0.331 e. The molecule has 0 fully saturated rings. The average Bonchev–Trinajstić information content (AvgIpc) is 3.07. The average molecular weight is 384 g/mol. The standard InChI is InChI=1S/C22H19F3N2O/c1-15-6-8-17(9-7-15)27-14-19(18-4-2-3-5-20(18)27)16-10-12-26(13-11-16)21(28)22(23,24)25/h2-10,14H,11-13H2,1H3. The van der Waals surface area contributed by atoms with Crippen LogP contribution in [-0.2, 0) is 4.79 Å². The molecule has 0 saturated heterocycles. The molecule has 3 nitrogen and oxygen atoms in total. The number of carbonyl (C=O) groups excluding carboxylic acids is 1. The fourth-order valence-electron chi connectivity index (χ4n) is 3.63. The number of para-hydroxylation sites is 1. The second-order valence-corrected chi connectivity index (χ2v) is 6.99. The monoisotopic (exact) mass is 384 g/mol. The molecule has 0 bridgehead atoms. The third-order valence-electron chi connectivity index (χ3n) is 5.11. The molecule has 6 heteroatoms. The van der Waals surface area contributed by atoms with Gasteiger partial charge in [0.2, 0.25) is 0 Å². The number of nitrogens with zero attached hydrogens (tertiary/aromatic N) is 2. The van der Waals surface area contributed by atoms with Crippen LogP contribution in [0, 0.1) is 6.92 Å². The van der Waals surface area contributed by atoms with Gasteiger partial charge in [0.25, 0.3) is 0 Å². The molecule has 2 heterocycles. The second kappa shape index (κ2) is 6.86. The number of hydrogen-bond donors (Lipinski definition) is 0. The number of hydrogen-bond acceptors (Lipinski definition) is 1. The summed E-state index contributed by atoms with van der Waals surface area (Å²) >= 11 is 0. The van der Waals surface area contributed by atoms with Gasteiger partial charge in [-0.25, -0.2) is 0 Å². The van der Waals surface area contributed by atoms with Crippen LogP contribution >= 0.6 is 0 Å². The summed E-state index contributed by atoms with van der Waals surface area (Å²) < 4.78 is 40.1. The van der Waals surface area contributed by atoms with Crippen molar-refractivity contribution in [2.24, 2.45) is 0 Å². The highest BCUT2D eigenvalue weighted by atomic mass is 19.4. The fourth-order valence-corrected chi connectivity index (χ4v) is 3.63. The number of benzene rings is 2. The predicted octanol–water partition coefficient (Wildman–Crippen LogP) is 5.12. The highest BCUT2D eigenvalue weighted by molar-refractivity contribution is 5.95. The zero-order chi connectivity index (χ0) is 19.9. The first-order valence-electron chi connectivity index (χ1n) is 9.07. The summed E-state index contributed by atoms with van der Waals surface area (Å²) in [5.41, 5.74) is 5.20. The van der Waals surface area contributed by atoms with Crippen molar-refractivity contribution in [2.45, 2.75) is 19.5 Å². The van der Waals surface area contributed by atoms with Crippen LogP contribution in [0.2, 0.25) is 0 Å². The van der Waals surface area contributed by atoms with E-state index in [0.29, 0.717) is 6.42 Å². The van der Waals surface area contributed by atoms with Gasteiger partial charge in [0.1, 0.15) is 0 Å². The summed E-state index contributed by atoms with van der Waals surface area (Å²) in [6, 6.07) is 16.2. The van der Waals surface area contributed by atoms with Crippen molar-refractivity contribution in [1.82, 2.24) is 9.47 Å². The molecule has 1 aromatic heterocycles. The third-order valence-corrected chi connectivity index (χ3v) is 5.11. The summed E-state index contributed by atoms with van der Waals surface area (Å²) in [6.07, 6.45) is -0.673. The Morgan fingerprint density at radius 1 is 1.04 bits per heavy atom. The van der Waals surface area contributed by atoms with E-state index in [-0.39, 0.29) is 13.1 Å². The number of fused-ring (bicyclic) bond motifs is 1. The van der Waals surface area contributed by atoms with Crippen molar-refractivity contribution in [3.63, 3.8) is 0 Å². The van der Waals surface area contributed by atoms with Crippen LogP contribution in [-0.4, -0.2) is 34.6 Å². The van der Waals surface area contributed by atoms with E-state index in [0.717, 1.165) is 32.6 Å². The first-order valence-corrected chi connectivity index (χ1v) is 9.07. The Morgan fingerprint density at radius 2 is 1.75 bits per heavy atom. The maximum absolute atomic E-state index is 12.7. The van der Waals surface area contributed by atoms with Gasteiger partial charge in [-0.2, -0.15) is 13.2 Å². The highest BCUT2D eigenvalue weighted by Gasteiger charge is 2.42. The molecule has 1 aliphatic heterocycles. The van der Waals surface area contributed by atoms with Crippen molar-refractivity contribution < 1.29 is 18.0 Å². The third kappa shape index (κ3) is 3.30. The predicted molar refractivity (Wildman–Crippen MR) is 103 cm³/mol. The van der Waals surface area contributed by atoms with Crippen molar-refractivity contribution in [1.29, 1.82) is 0 Å². The summed E-state index contributed by atoms with van der Waals surface area (Å²) in [6.45, 7) is 2.07. The number of rotatable bonds is 2. The highest BCUT2D eigenvalue weighted by Crippen LogP contribution is 2.33. The lowest BCUT2D eigenvalue weighted by Gasteiger charge is -2.27. The van der Waals surface area contributed by atoms with E-state index in [2.05, 4.69) is 4.57 Å². The molecule has 4 rings (SSSR count). The molecule has 0 spiro atoms. The Bertz CT molecular complexity index is 1060. The molecule has 1 aliphatic rings. The van der Waals surface area contributed by atoms with Gasteiger partial charge in [-0.1, -0.05) is 42.0 Å². The molecular weight excluding hydrogens is 365 g/mol. The molecule has 1 amide bonds. The normalized spacial score (nSPS) is 15.0. The van der Waals surface area contributed by atoms with E-state index in [1.807, 2.05) is 61.7 Å². The first-order chi connectivity index (χ1) is 13.3. The summed E-state index contributed by atoms with van der Waals surface area (Å²) in [5.74, 6) is -1.77. The van der Waals surface area contributed by atoms with Gasteiger partial charge >= 0.3 is 12.1 Å². The van der Waals surface area contributed by atoms with Crippen LogP contribution in [0.4, 0.5) is 13.2 Å². The molecule has 0 atom stereocenters. The zero-order valence-electron chi connectivity index (χ0n) is 15.3. The van der Waals surface area contributed by atoms with Gasteiger partial charge in [0.15, 0.2) is 0 Å². The van der Waals surface area contributed by atoms with Crippen LogP contribution in [0.25, 0.3) is 22.2 Å². The molecule has 0 aliphatic carbocycles. The van der Waals surface area contributed by atoms with Crippen molar-refractivity contribution >= 4 is 22.4 Å². The van der Waals surface area contributed by atoms with Gasteiger partial charge in [0.05, 0.1) is 5.52 Å². The SMILES string of the molecule is Cc1ccc(-n2cc(C3=CCN(C(=O)C(F)(F)F)CC3)c3ccccc32)cc1. The van der Waals surface area contributed by atoms with Crippen LogP contribution in [0.5, 0.6) is 0 Å². The van der Waals surface area contributed by atoms with E-state index in [4.69, 9.17) is 0 Å². The smallest absolute Gasteiger partial charge is 0.331 e. The largest absolute Gasteiger partial charge is 0.471 e. The lowest BCUT2D eigenvalue weighted by atomic mass is 9.99. The molecule has 0 unspecified atom stereocenters. The maximum atomic E-state index is 12.7. The van der Waals surface area contributed by atoms with Gasteiger partial charge in [-0.05, 0) is 37.1 Å². The van der Waals surface area contributed by atoms with E-state index >= 15 is 0 Å². The molecular formula is C22H19F3N2O. The minimum atomic E-state index is -4.83. The summed E-state index contributed by atoms with van der Waals surface area (Å²) in [4.78, 5) is 12.3. The fraction of sp³-hybridized carbons (Fsp3) is 0.227. The quantitative estimate of drug-likeness (QED) is 0.602. The molecule has 0 radical (unpaired) electrons. The van der Waals surface area contributed by atoms with E-state index in [1.54, 1.807) is 6.08 Å². The van der Waals surface area contributed by atoms with Crippen LogP contribution in [0.3, 0.4) is 0 Å². The number of aryl methyl sites for hydroxylation is 1. The molecule has 0 saturated carbocycles. The minimum absolute atomic E-state index is 0.0300. The Balaban J connectivity index is 1.71. The number of halogens is 3. The molecule has 2 aromatic carbocycles. The Kier molecular flexibility index (Phi) is 4.49. The Morgan fingerprint density at radius 3 is 2.39 bits per heavy atom. The van der Waals surface area contributed by atoms with Crippen LogP contribution in [0.15, 0.2) is 60.8 Å². The number of alkyl halides is 3. The maximum Gasteiger partial charge on any atom is 0.471 e. The number of aromatic nitrogens is 1. The lowest BCUT2D eigenvalue weighted by molar-refractivity contribution is -0.185. The lowest BCUT2D eigenvalue weighted by Crippen LogP contribution is -2.43. The molecule has 28 heavy (non-hydrogen) atoms.